The molecular weight excluding hydrogens is 180 g/mol. The van der Waals surface area contributed by atoms with Crippen LogP contribution >= 0.6 is 0 Å². The van der Waals surface area contributed by atoms with Crippen LogP contribution in [0.4, 0.5) is 0 Å². The number of pyridine rings is 1. The summed E-state index contributed by atoms with van der Waals surface area (Å²) in [7, 11) is 0. The summed E-state index contributed by atoms with van der Waals surface area (Å²) < 4.78 is 5.31. The van der Waals surface area contributed by atoms with Gasteiger partial charge in [-0.2, -0.15) is 0 Å². The molecule has 1 heterocycles. The zero-order valence-electron chi connectivity index (χ0n) is 8.31. The van der Waals surface area contributed by atoms with Crippen LogP contribution in [0, 0.1) is 0 Å². The standard InChI is InChI=1S/C10H16N2O2/c1-2-5-14-10-4-3-8(6-12-10)9(11)7-13/h3-4,6,9,13H,2,5,7,11H2,1H3/t9-/m0/s1. The zero-order chi connectivity index (χ0) is 10.4. The van der Waals surface area contributed by atoms with Crippen molar-refractivity contribution in [3.05, 3.63) is 23.9 Å². The number of nitrogens with zero attached hydrogens (tertiary/aromatic N) is 1. The van der Waals surface area contributed by atoms with Crippen molar-refractivity contribution < 1.29 is 9.84 Å². The number of hydrogen-bond acceptors (Lipinski definition) is 4. The second-order valence-corrected chi connectivity index (χ2v) is 3.07. The maximum Gasteiger partial charge on any atom is 0.213 e. The van der Waals surface area contributed by atoms with Gasteiger partial charge >= 0.3 is 0 Å². The molecule has 0 amide bonds. The quantitative estimate of drug-likeness (QED) is 0.733. The Balaban J connectivity index is 2.59. The van der Waals surface area contributed by atoms with Gasteiger partial charge < -0.3 is 15.6 Å². The number of aromatic nitrogens is 1. The molecule has 0 saturated heterocycles. The molecule has 0 unspecified atom stereocenters. The van der Waals surface area contributed by atoms with E-state index in [1.807, 2.05) is 13.0 Å². The predicted octanol–water partition coefficient (Wildman–Crippen LogP) is 0.862. The van der Waals surface area contributed by atoms with E-state index in [0.29, 0.717) is 12.5 Å². The van der Waals surface area contributed by atoms with E-state index in [1.165, 1.54) is 0 Å². The van der Waals surface area contributed by atoms with E-state index in [-0.39, 0.29) is 12.6 Å². The Bertz CT molecular complexity index is 261. The third-order valence-corrected chi connectivity index (χ3v) is 1.84. The highest BCUT2D eigenvalue weighted by Gasteiger charge is 2.04. The molecule has 1 aromatic rings. The lowest BCUT2D eigenvalue weighted by atomic mass is 10.1. The lowest BCUT2D eigenvalue weighted by Gasteiger charge is -2.08. The summed E-state index contributed by atoms with van der Waals surface area (Å²) in [5.74, 6) is 0.598. The SMILES string of the molecule is CCCOc1ccc([C@@H](N)CO)cn1. The van der Waals surface area contributed by atoms with Gasteiger partial charge in [-0.05, 0) is 12.0 Å². The van der Waals surface area contributed by atoms with E-state index in [1.54, 1.807) is 12.3 Å². The Morgan fingerprint density at radius 3 is 2.86 bits per heavy atom. The molecule has 0 radical (unpaired) electrons. The fraction of sp³-hybridized carbons (Fsp3) is 0.500. The highest BCUT2D eigenvalue weighted by molar-refractivity contribution is 5.20. The molecule has 0 saturated carbocycles. The van der Waals surface area contributed by atoms with Gasteiger partial charge in [-0.1, -0.05) is 13.0 Å². The molecule has 0 spiro atoms. The van der Waals surface area contributed by atoms with Crippen LogP contribution in [0.2, 0.25) is 0 Å². The van der Waals surface area contributed by atoms with Crippen molar-refractivity contribution in [3.63, 3.8) is 0 Å². The van der Waals surface area contributed by atoms with E-state index >= 15 is 0 Å². The Hall–Kier alpha value is -1.13. The largest absolute Gasteiger partial charge is 0.478 e. The van der Waals surface area contributed by atoms with Crippen LogP contribution in [0.15, 0.2) is 18.3 Å². The topological polar surface area (TPSA) is 68.4 Å². The van der Waals surface area contributed by atoms with Crippen molar-refractivity contribution in [1.82, 2.24) is 4.98 Å². The molecule has 1 atom stereocenters. The number of aliphatic hydroxyl groups is 1. The average molecular weight is 196 g/mol. The minimum atomic E-state index is -0.359. The molecule has 1 rings (SSSR count). The Kier molecular flexibility index (Phi) is 4.35. The van der Waals surface area contributed by atoms with Crippen molar-refractivity contribution >= 4 is 0 Å². The van der Waals surface area contributed by atoms with Crippen molar-refractivity contribution in [1.29, 1.82) is 0 Å². The van der Waals surface area contributed by atoms with Gasteiger partial charge in [0.1, 0.15) is 0 Å². The fourth-order valence-electron chi connectivity index (χ4n) is 1.01. The molecule has 0 fully saturated rings. The fourth-order valence-corrected chi connectivity index (χ4v) is 1.01. The first-order valence-corrected chi connectivity index (χ1v) is 4.73. The average Bonchev–Trinajstić information content (AvgIpc) is 2.26. The second-order valence-electron chi connectivity index (χ2n) is 3.07. The number of nitrogens with two attached hydrogens (primary N) is 1. The van der Waals surface area contributed by atoms with E-state index in [0.717, 1.165) is 12.0 Å². The molecule has 0 aromatic carbocycles. The minimum Gasteiger partial charge on any atom is -0.478 e. The molecule has 1 aromatic heterocycles. The third kappa shape index (κ3) is 2.97. The number of hydrogen-bond donors (Lipinski definition) is 2. The number of ether oxygens (including phenoxy) is 1. The Morgan fingerprint density at radius 1 is 1.57 bits per heavy atom. The molecule has 0 aliphatic heterocycles. The molecule has 0 aliphatic rings. The van der Waals surface area contributed by atoms with Crippen LogP contribution in [0.25, 0.3) is 0 Å². The molecule has 4 heteroatoms. The van der Waals surface area contributed by atoms with Crippen LogP contribution < -0.4 is 10.5 Å². The first kappa shape index (κ1) is 10.9. The normalized spacial score (nSPS) is 12.5. The number of aliphatic hydroxyl groups excluding tert-OH is 1. The predicted molar refractivity (Wildman–Crippen MR) is 54.0 cm³/mol. The molecule has 0 aliphatic carbocycles. The second kappa shape index (κ2) is 5.57. The molecular formula is C10H16N2O2. The monoisotopic (exact) mass is 196 g/mol. The van der Waals surface area contributed by atoms with E-state index in [9.17, 15) is 0 Å². The number of rotatable bonds is 5. The molecule has 78 valence electrons. The van der Waals surface area contributed by atoms with E-state index < -0.39 is 0 Å². The molecule has 14 heavy (non-hydrogen) atoms. The van der Waals surface area contributed by atoms with Gasteiger partial charge in [0.15, 0.2) is 0 Å². The van der Waals surface area contributed by atoms with Gasteiger partial charge in [-0.3, -0.25) is 0 Å². The van der Waals surface area contributed by atoms with Gasteiger partial charge in [0.25, 0.3) is 0 Å². The summed E-state index contributed by atoms with van der Waals surface area (Å²) in [6.07, 6.45) is 2.59. The molecule has 4 nitrogen and oxygen atoms in total. The highest BCUT2D eigenvalue weighted by Crippen LogP contribution is 2.12. The van der Waals surface area contributed by atoms with E-state index in [2.05, 4.69) is 4.98 Å². The van der Waals surface area contributed by atoms with Crippen molar-refractivity contribution in [2.75, 3.05) is 13.2 Å². The third-order valence-electron chi connectivity index (χ3n) is 1.84. The van der Waals surface area contributed by atoms with Gasteiger partial charge in [-0.25, -0.2) is 4.98 Å². The van der Waals surface area contributed by atoms with Crippen LogP contribution in [-0.2, 0) is 0 Å². The van der Waals surface area contributed by atoms with Crippen LogP contribution in [0.1, 0.15) is 24.9 Å². The van der Waals surface area contributed by atoms with Crippen molar-refractivity contribution in [3.8, 4) is 5.88 Å². The summed E-state index contributed by atoms with van der Waals surface area (Å²) in [5, 5.41) is 8.81. The van der Waals surface area contributed by atoms with Crippen LogP contribution in [-0.4, -0.2) is 23.3 Å². The molecule has 0 bridgehead atoms. The van der Waals surface area contributed by atoms with Crippen molar-refractivity contribution in [2.24, 2.45) is 5.73 Å². The van der Waals surface area contributed by atoms with Crippen LogP contribution in [0.5, 0.6) is 5.88 Å². The lowest BCUT2D eigenvalue weighted by Crippen LogP contribution is -2.14. The van der Waals surface area contributed by atoms with Gasteiger partial charge in [0.05, 0.1) is 19.3 Å². The summed E-state index contributed by atoms with van der Waals surface area (Å²) in [6, 6.07) is 3.22. The van der Waals surface area contributed by atoms with Crippen molar-refractivity contribution in [2.45, 2.75) is 19.4 Å². The lowest BCUT2D eigenvalue weighted by molar-refractivity contribution is 0.267. The smallest absolute Gasteiger partial charge is 0.213 e. The summed E-state index contributed by atoms with van der Waals surface area (Å²) >= 11 is 0. The summed E-state index contributed by atoms with van der Waals surface area (Å²) in [5.41, 5.74) is 6.43. The van der Waals surface area contributed by atoms with Gasteiger partial charge in [-0.15, -0.1) is 0 Å². The zero-order valence-corrected chi connectivity index (χ0v) is 8.31. The minimum absolute atomic E-state index is 0.0726. The van der Waals surface area contributed by atoms with Crippen LogP contribution in [0.3, 0.4) is 0 Å². The maximum atomic E-state index is 8.81. The Morgan fingerprint density at radius 2 is 2.36 bits per heavy atom. The van der Waals surface area contributed by atoms with Gasteiger partial charge in [0, 0.05) is 12.3 Å². The Labute approximate surface area is 83.7 Å². The van der Waals surface area contributed by atoms with Gasteiger partial charge in [0.2, 0.25) is 5.88 Å². The van der Waals surface area contributed by atoms with E-state index in [4.69, 9.17) is 15.6 Å². The highest BCUT2D eigenvalue weighted by atomic mass is 16.5. The molecule has 3 N–H and O–H groups in total. The summed E-state index contributed by atoms with van der Waals surface area (Å²) in [6.45, 7) is 2.63. The first-order valence-electron chi connectivity index (χ1n) is 4.73. The maximum absolute atomic E-state index is 8.81. The first-order chi connectivity index (χ1) is 6.77. The summed E-state index contributed by atoms with van der Waals surface area (Å²) in [4.78, 5) is 4.07.